The van der Waals surface area contributed by atoms with Crippen molar-refractivity contribution in [1.29, 1.82) is 0 Å². The number of hydrogen-bond donors (Lipinski definition) is 4. The van der Waals surface area contributed by atoms with E-state index in [2.05, 4.69) is 0 Å². The molecule has 0 saturated carbocycles. The molecular formula is C10H12O5. The topological polar surface area (TPSA) is 98.0 Å². The summed E-state index contributed by atoms with van der Waals surface area (Å²) in [4.78, 5) is 10.7. The molecule has 0 spiro atoms. The highest BCUT2D eigenvalue weighted by Crippen LogP contribution is 2.28. The first kappa shape index (κ1) is 11.3. The average molecular weight is 212 g/mol. The Kier molecular flexibility index (Phi) is 3.51. The van der Waals surface area contributed by atoms with Crippen LogP contribution in [0, 0.1) is 0 Å². The van der Waals surface area contributed by atoms with Gasteiger partial charge in [-0.15, -0.1) is 0 Å². The number of phenols is 2. The van der Waals surface area contributed by atoms with E-state index in [4.69, 9.17) is 10.2 Å². The highest BCUT2D eigenvalue weighted by Gasteiger charge is 2.13. The van der Waals surface area contributed by atoms with Gasteiger partial charge in [0.1, 0.15) is 17.1 Å². The van der Waals surface area contributed by atoms with Crippen LogP contribution < -0.4 is 0 Å². The van der Waals surface area contributed by atoms with Gasteiger partial charge < -0.3 is 20.4 Å². The Hall–Kier alpha value is -1.75. The van der Waals surface area contributed by atoms with Crippen LogP contribution in [0.5, 0.6) is 11.5 Å². The van der Waals surface area contributed by atoms with Crippen LogP contribution >= 0.6 is 0 Å². The molecule has 1 aromatic carbocycles. The van der Waals surface area contributed by atoms with E-state index in [0.717, 1.165) is 6.07 Å². The first-order valence-corrected chi connectivity index (χ1v) is 4.45. The maximum Gasteiger partial charge on any atom is 0.339 e. The van der Waals surface area contributed by atoms with Gasteiger partial charge in [-0.3, -0.25) is 0 Å². The third-order valence-corrected chi connectivity index (χ3v) is 2.03. The van der Waals surface area contributed by atoms with Gasteiger partial charge in [0.05, 0.1) is 0 Å². The number of carboxylic acids is 1. The van der Waals surface area contributed by atoms with Crippen LogP contribution in [0.4, 0.5) is 0 Å². The molecule has 0 unspecified atom stereocenters. The Morgan fingerprint density at radius 2 is 1.87 bits per heavy atom. The van der Waals surface area contributed by atoms with Crippen molar-refractivity contribution in [1.82, 2.24) is 0 Å². The number of benzene rings is 1. The third-order valence-electron chi connectivity index (χ3n) is 2.03. The molecule has 82 valence electrons. The van der Waals surface area contributed by atoms with Gasteiger partial charge in [0, 0.05) is 12.7 Å². The molecule has 0 aliphatic carbocycles. The summed E-state index contributed by atoms with van der Waals surface area (Å²) in [6, 6.07) is 2.21. The Morgan fingerprint density at radius 3 is 2.40 bits per heavy atom. The van der Waals surface area contributed by atoms with E-state index in [0.29, 0.717) is 18.4 Å². The van der Waals surface area contributed by atoms with Gasteiger partial charge in [-0.05, 0) is 24.5 Å². The molecule has 0 radical (unpaired) electrons. The number of rotatable bonds is 4. The summed E-state index contributed by atoms with van der Waals surface area (Å²) in [5.41, 5.74) is 0.153. The largest absolute Gasteiger partial charge is 0.508 e. The Labute approximate surface area is 86.2 Å². The highest BCUT2D eigenvalue weighted by atomic mass is 16.4. The van der Waals surface area contributed by atoms with Crippen LogP contribution in [0.15, 0.2) is 12.1 Å². The smallest absolute Gasteiger partial charge is 0.339 e. The highest BCUT2D eigenvalue weighted by molar-refractivity contribution is 5.91. The molecule has 1 rings (SSSR count). The average Bonchev–Trinajstić information content (AvgIpc) is 2.16. The van der Waals surface area contributed by atoms with Gasteiger partial charge in [-0.25, -0.2) is 4.79 Å². The van der Waals surface area contributed by atoms with Crippen LogP contribution in [0.3, 0.4) is 0 Å². The fraction of sp³-hybridized carbons (Fsp3) is 0.300. The lowest BCUT2D eigenvalue weighted by Gasteiger charge is -2.06. The van der Waals surface area contributed by atoms with E-state index < -0.39 is 11.7 Å². The molecule has 1 aromatic rings. The monoisotopic (exact) mass is 212 g/mol. The molecule has 0 saturated heterocycles. The number of carboxylic acid groups (broad SMARTS) is 1. The van der Waals surface area contributed by atoms with E-state index in [1.807, 2.05) is 0 Å². The Balaban J connectivity index is 3.06. The summed E-state index contributed by atoms with van der Waals surface area (Å²) in [5, 5.41) is 35.9. The van der Waals surface area contributed by atoms with Gasteiger partial charge in [-0.2, -0.15) is 0 Å². The SMILES string of the molecule is O=C(O)c1cc(CCCO)c(O)cc1O. The standard InChI is InChI=1S/C10H12O5/c11-3-1-2-6-4-7(10(14)15)9(13)5-8(6)12/h4-5,11-13H,1-3H2,(H,14,15). The minimum absolute atomic E-state index is 0.0390. The number of aryl methyl sites for hydroxylation is 1. The van der Waals surface area contributed by atoms with Crippen molar-refractivity contribution in [2.24, 2.45) is 0 Å². The van der Waals surface area contributed by atoms with Crippen LogP contribution in [0.2, 0.25) is 0 Å². The van der Waals surface area contributed by atoms with E-state index in [1.165, 1.54) is 6.07 Å². The van der Waals surface area contributed by atoms with E-state index in [-0.39, 0.29) is 17.9 Å². The summed E-state index contributed by atoms with van der Waals surface area (Å²) < 4.78 is 0. The molecule has 0 atom stereocenters. The number of hydrogen-bond acceptors (Lipinski definition) is 4. The zero-order chi connectivity index (χ0) is 11.4. The molecule has 4 N–H and O–H groups in total. The lowest BCUT2D eigenvalue weighted by molar-refractivity contribution is 0.0693. The molecule has 0 amide bonds. The lowest BCUT2D eigenvalue weighted by atomic mass is 10.0. The molecule has 15 heavy (non-hydrogen) atoms. The number of aliphatic hydroxyl groups is 1. The quantitative estimate of drug-likeness (QED) is 0.589. The number of phenolic OH excluding ortho intramolecular Hbond substituents is 1. The minimum atomic E-state index is -1.25. The van der Waals surface area contributed by atoms with Crippen molar-refractivity contribution in [3.05, 3.63) is 23.3 Å². The third kappa shape index (κ3) is 2.60. The second-order valence-corrected chi connectivity index (χ2v) is 3.13. The summed E-state index contributed by atoms with van der Waals surface area (Å²) in [7, 11) is 0. The minimum Gasteiger partial charge on any atom is -0.508 e. The number of aromatic hydroxyl groups is 2. The molecule has 0 fully saturated rings. The Morgan fingerprint density at radius 1 is 1.20 bits per heavy atom. The second-order valence-electron chi connectivity index (χ2n) is 3.13. The number of carbonyl (C=O) groups is 1. The van der Waals surface area contributed by atoms with Crippen LogP contribution in [-0.2, 0) is 6.42 Å². The second kappa shape index (κ2) is 4.65. The van der Waals surface area contributed by atoms with Gasteiger partial charge in [0.25, 0.3) is 0 Å². The molecule has 0 aliphatic heterocycles. The van der Waals surface area contributed by atoms with Crippen molar-refractivity contribution in [3.63, 3.8) is 0 Å². The zero-order valence-corrected chi connectivity index (χ0v) is 7.97. The van der Waals surface area contributed by atoms with Crippen LogP contribution in [0.1, 0.15) is 22.3 Å². The summed E-state index contributed by atoms with van der Waals surface area (Å²) >= 11 is 0. The van der Waals surface area contributed by atoms with E-state index in [9.17, 15) is 15.0 Å². The van der Waals surface area contributed by atoms with Crippen molar-refractivity contribution in [2.75, 3.05) is 6.61 Å². The fourth-order valence-electron chi connectivity index (χ4n) is 1.26. The summed E-state index contributed by atoms with van der Waals surface area (Å²) in [6.07, 6.45) is 0.792. The number of aromatic carboxylic acids is 1. The normalized spacial score (nSPS) is 10.2. The summed E-state index contributed by atoms with van der Waals surface area (Å²) in [5.74, 6) is -1.88. The van der Waals surface area contributed by atoms with Crippen molar-refractivity contribution in [2.45, 2.75) is 12.8 Å². The molecule has 0 aromatic heterocycles. The molecule has 0 bridgehead atoms. The molecule has 5 heteroatoms. The molecule has 0 aliphatic rings. The molecule has 0 heterocycles. The summed E-state index contributed by atoms with van der Waals surface area (Å²) in [6.45, 7) is -0.0390. The zero-order valence-electron chi connectivity index (χ0n) is 7.97. The van der Waals surface area contributed by atoms with Gasteiger partial charge in [0.15, 0.2) is 0 Å². The molecular weight excluding hydrogens is 200 g/mol. The van der Waals surface area contributed by atoms with E-state index >= 15 is 0 Å². The van der Waals surface area contributed by atoms with Crippen LogP contribution in [0.25, 0.3) is 0 Å². The van der Waals surface area contributed by atoms with E-state index in [1.54, 1.807) is 0 Å². The lowest BCUT2D eigenvalue weighted by Crippen LogP contribution is -1.99. The van der Waals surface area contributed by atoms with Crippen molar-refractivity contribution < 1.29 is 25.2 Å². The first-order valence-electron chi connectivity index (χ1n) is 4.45. The van der Waals surface area contributed by atoms with Gasteiger partial charge in [-0.1, -0.05) is 0 Å². The van der Waals surface area contributed by atoms with Gasteiger partial charge >= 0.3 is 5.97 Å². The van der Waals surface area contributed by atoms with Crippen molar-refractivity contribution in [3.8, 4) is 11.5 Å². The fourth-order valence-corrected chi connectivity index (χ4v) is 1.26. The van der Waals surface area contributed by atoms with Crippen molar-refractivity contribution >= 4 is 5.97 Å². The van der Waals surface area contributed by atoms with Crippen LogP contribution in [-0.4, -0.2) is 33.0 Å². The maximum absolute atomic E-state index is 10.7. The number of aliphatic hydroxyl groups excluding tert-OH is 1. The Bertz CT molecular complexity index is 372. The maximum atomic E-state index is 10.7. The first-order chi connectivity index (χ1) is 7.06. The molecule has 5 nitrogen and oxygen atoms in total. The predicted octanol–water partition coefficient (Wildman–Crippen LogP) is 0.721. The predicted molar refractivity (Wildman–Crippen MR) is 52.1 cm³/mol. The van der Waals surface area contributed by atoms with Gasteiger partial charge in [0.2, 0.25) is 0 Å².